The van der Waals surface area contributed by atoms with Crippen molar-refractivity contribution in [2.45, 2.75) is 25.8 Å². The molecule has 0 saturated carbocycles. The zero-order valence-corrected chi connectivity index (χ0v) is 10.7. The Hall–Kier alpha value is -1.39. The van der Waals surface area contributed by atoms with Gasteiger partial charge in [0.25, 0.3) is 5.91 Å². The summed E-state index contributed by atoms with van der Waals surface area (Å²) in [5, 5.41) is 1.59. The largest absolute Gasteiger partial charge is 0.316 e. The van der Waals surface area contributed by atoms with Crippen LogP contribution in [0.5, 0.6) is 0 Å². The Bertz CT molecular complexity index is 359. The number of nitrogens with two attached hydrogens (primary N) is 1. The summed E-state index contributed by atoms with van der Waals surface area (Å²) in [7, 11) is 3.52. The summed E-state index contributed by atoms with van der Waals surface area (Å²) in [6.07, 6.45) is 2.17. The summed E-state index contributed by atoms with van der Waals surface area (Å²) in [6.45, 7) is 2.14. The standard InChI is InChI=1S/C13H21N3O/c1-4-5-10-6-8-11(9-7-10)12(14)13(17)15-16(2)3/h6-9,12H,4-5,14H2,1-3H3,(H,15,17). The van der Waals surface area contributed by atoms with E-state index in [9.17, 15) is 4.79 Å². The Balaban J connectivity index is 2.68. The van der Waals surface area contributed by atoms with Crippen molar-refractivity contribution >= 4 is 5.91 Å². The number of aryl methyl sites for hydroxylation is 1. The fourth-order valence-electron chi connectivity index (χ4n) is 1.62. The van der Waals surface area contributed by atoms with Gasteiger partial charge in [-0.3, -0.25) is 10.2 Å². The molecule has 0 aliphatic heterocycles. The normalized spacial score (nSPS) is 12.5. The Labute approximate surface area is 103 Å². The van der Waals surface area contributed by atoms with Gasteiger partial charge in [-0.15, -0.1) is 0 Å². The van der Waals surface area contributed by atoms with Crippen molar-refractivity contribution < 1.29 is 4.79 Å². The van der Waals surface area contributed by atoms with Crippen LogP contribution in [0.15, 0.2) is 24.3 Å². The van der Waals surface area contributed by atoms with Gasteiger partial charge in [0, 0.05) is 14.1 Å². The molecular weight excluding hydrogens is 214 g/mol. The van der Waals surface area contributed by atoms with E-state index >= 15 is 0 Å². The predicted molar refractivity (Wildman–Crippen MR) is 69.2 cm³/mol. The summed E-state index contributed by atoms with van der Waals surface area (Å²) in [4.78, 5) is 11.7. The zero-order chi connectivity index (χ0) is 12.8. The van der Waals surface area contributed by atoms with Gasteiger partial charge in [-0.2, -0.15) is 0 Å². The highest BCUT2D eigenvalue weighted by atomic mass is 16.2. The van der Waals surface area contributed by atoms with E-state index in [-0.39, 0.29) is 5.91 Å². The van der Waals surface area contributed by atoms with E-state index in [0.717, 1.165) is 18.4 Å². The van der Waals surface area contributed by atoms with Crippen LogP contribution in [0, 0.1) is 0 Å². The van der Waals surface area contributed by atoms with Gasteiger partial charge in [0.15, 0.2) is 0 Å². The van der Waals surface area contributed by atoms with Crippen LogP contribution >= 0.6 is 0 Å². The lowest BCUT2D eigenvalue weighted by molar-refractivity contribution is -0.126. The van der Waals surface area contributed by atoms with Crippen molar-refractivity contribution in [3.8, 4) is 0 Å². The number of amides is 1. The number of hydrogen-bond acceptors (Lipinski definition) is 3. The summed E-state index contributed by atoms with van der Waals surface area (Å²) in [5.74, 6) is -0.196. The first-order chi connectivity index (χ1) is 8.04. The molecule has 17 heavy (non-hydrogen) atoms. The van der Waals surface area contributed by atoms with Crippen molar-refractivity contribution in [1.82, 2.24) is 10.4 Å². The quantitative estimate of drug-likeness (QED) is 0.755. The van der Waals surface area contributed by atoms with Crippen LogP contribution < -0.4 is 11.2 Å². The number of carbonyl (C=O) groups excluding carboxylic acids is 1. The molecule has 1 atom stereocenters. The molecule has 0 heterocycles. The maximum Gasteiger partial charge on any atom is 0.255 e. The molecule has 1 aromatic carbocycles. The average molecular weight is 235 g/mol. The number of nitrogens with zero attached hydrogens (tertiary/aromatic N) is 1. The minimum Gasteiger partial charge on any atom is -0.316 e. The molecule has 1 aromatic rings. The van der Waals surface area contributed by atoms with Gasteiger partial charge in [-0.05, 0) is 17.5 Å². The minimum atomic E-state index is -0.618. The monoisotopic (exact) mass is 235 g/mol. The molecule has 1 rings (SSSR count). The average Bonchev–Trinajstić information content (AvgIpc) is 2.28. The second kappa shape index (κ2) is 6.37. The highest BCUT2D eigenvalue weighted by Crippen LogP contribution is 2.13. The molecule has 94 valence electrons. The first-order valence-corrected chi connectivity index (χ1v) is 5.86. The summed E-state index contributed by atoms with van der Waals surface area (Å²) >= 11 is 0. The third-order valence-electron chi connectivity index (χ3n) is 2.49. The number of rotatable bonds is 5. The van der Waals surface area contributed by atoms with E-state index in [1.807, 2.05) is 24.3 Å². The van der Waals surface area contributed by atoms with E-state index in [4.69, 9.17) is 5.73 Å². The lowest BCUT2D eigenvalue weighted by Crippen LogP contribution is -2.41. The van der Waals surface area contributed by atoms with Crippen molar-refractivity contribution in [3.05, 3.63) is 35.4 Å². The molecule has 0 aliphatic rings. The van der Waals surface area contributed by atoms with Crippen LogP contribution in [-0.4, -0.2) is 25.0 Å². The number of carbonyl (C=O) groups is 1. The zero-order valence-electron chi connectivity index (χ0n) is 10.7. The van der Waals surface area contributed by atoms with E-state index < -0.39 is 6.04 Å². The summed E-state index contributed by atoms with van der Waals surface area (Å²) in [6, 6.07) is 7.28. The molecule has 0 saturated heterocycles. The third kappa shape index (κ3) is 4.17. The van der Waals surface area contributed by atoms with E-state index in [1.54, 1.807) is 19.1 Å². The van der Waals surface area contributed by atoms with Gasteiger partial charge in [0.2, 0.25) is 0 Å². The molecule has 0 radical (unpaired) electrons. The first kappa shape index (κ1) is 13.7. The number of benzene rings is 1. The molecular formula is C13H21N3O. The van der Waals surface area contributed by atoms with Crippen molar-refractivity contribution in [1.29, 1.82) is 0 Å². The summed E-state index contributed by atoms with van der Waals surface area (Å²) < 4.78 is 0. The van der Waals surface area contributed by atoms with Gasteiger partial charge in [-0.25, -0.2) is 5.01 Å². The Morgan fingerprint density at radius 1 is 1.35 bits per heavy atom. The van der Waals surface area contributed by atoms with Crippen LogP contribution in [0.1, 0.15) is 30.5 Å². The highest BCUT2D eigenvalue weighted by Gasteiger charge is 2.15. The maximum absolute atomic E-state index is 11.7. The van der Waals surface area contributed by atoms with Crippen LogP contribution in [0.2, 0.25) is 0 Å². The van der Waals surface area contributed by atoms with Crippen LogP contribution in [0.3, 0.4) is 0 Å². The van der Waals surface area contributed by atoms with Gasteiger partial charge in [0.05, 0.1) is 0 Å². The van der Waals surface area contributed by atoms with E-state index in [2.05, 4.69) is 12.3 Å². The molecule has 3 N–H and O–H groups in total. The lowest BCUT2D eigenvalue weighted by atomic mass is 10.0. The van der Waals surface area contributed by atoms with Crippen molar-refractivity contribution in [2.75, 3.05) is 14.1 Å². The molecule has 0 spiro atoms. The third-order valence-corrected chi connectivity index (χ3v) is 2.49. The molecule has 0 bridgehead atoms. The molecule has 1 unspecified atom stereocenters. The second-order valence-electron chi connectivity index (χ2n) is 4.34. The predicted octanol–water partition coefficient (Wildman–Crippen LogP) is 1.23. The fraction of sp³-hybridized carbons (Fsp3) is 0.462. The van der Waals surface area contributed by atoms with Crippen LogP contribution in [0.4, 0.5) is 0 Å². The lowest BCUT2D eigenvalue weighted by Gasteiger charge is -2.17. The van der Waals surface area contributed by atoms with E-state index in [1.165, 1.54) is 5.56 Å². The minimum absolute atomic E-state index is 0.196. The fourth-order valence-corrected chi connectivity index (χ4v) is 1.62. The SMILES string of the molecule is CCCc1ccc(C(N)C(=O)NN(C)C)cc1. The van der Waals surface area contributed by atoms with Gasteiger partial charge in [-0.1, -0.05) is 37.6 Å². The first-order valence-electron chi connectivity index (χ1n) is 5.86. The van der Waals surface area contributed by atoms with Crippen molar-refractivity contribution in [3.63, 3.8) is 0 Å². The smallest absolute Gasteiger partial charge is 0.255 e. The second-order valence-corrected chi connectivity index (χ2v) is 4.34. The molecule has 4 heteroatoms. The van der Waals surface area contributed by atoms with Gasteiger partial charge in [0.1, 0.15) is 6.04 Å². The molecule has 1 amide bonds. The van der Waals surface area contributed by atoms with Crippen LogP contribution in [0.25, 0.3) is 0 Å². The maximum atomic E-state index is 11.7. The van der Waals surface area contributed by atoms with Gasteiger partial charge < -0.3 is 5.73 Å². The Morgan fingerprint density at radius 2 is 1.94 bits per heavy atom. The van der Waals surface area contributed by atoms with Crippen LogP contribution in [-0.2, 0) is 11.2 Å². The van der Waals surface area contributed by atoms with E-state index in [0.29, 0.717) is 0 Å². The Kier molecular flexibility index (Phi) is 5.12. The molecule has 0 aliphatic carbocycles. The molecule has 4 nitrogen and oxygen atoms in total. The summed E-state index contributed by atoms with van der Waals surface area (Å²) in [5.41, 5.74) is 10.6. The van der Waals surface area contributed by atoms with Gasteiger partial charge >= 0.3 is 0 Å². The topological polar surface area (TPSA) is 58.4 Å². The molecule has 0 fully saturated rings. The van der Waals surface area contributed by atoms with Crippen molar-refractivity contribution in [2.24, 2.45) is 5.73 Å². The molecule has 0 aromatic heterocycles. The number of nitrogens with one attached hydrogen (secondary N) is 1. The number of hydrazine groups is 1. The Morgan fingerprint density at radius 3 is 2.41 bits per heavy atom. The number of hydrogen-bond donors (Lipinski definition) is 2. The highest BCUT2D eigenvalue weighted by molar-refractivity contribution is 5.82.